The fraction of sp³-hybridized carbons (Fsp3) is 0.429. The van der Waals surface area contributed by atoms with Gasteiger partial charge in [-0.25, -0.2) is 4.39 Å². The lowest BCUT2D eigenvalue weighted by atomic mass is 10.1. The highest BCUT2D eigenvalue weighted by Crippen LogP contribution is 2.25. The minimum atomic E-state index is -0.809. The van der Waals surface area contributed by atoms with Crippen LogP contribution in [0.15, 0.2) is 22.7 Å². The summed E-state index contributed by atoms with van der Waals surface area (Å²) >= 11 is 3.06. The molecule has 0 radical (unpaired) electrons. The van der Waals surface area contributed by atoms with Crippen molar-refractivity contribution < 1.29 is 19.1 Å². The zero-order chi connectivity index (χ0) is 14.7. The lowest BCUT2D eigenvalue weighted by Gasteiger charge is -2.12. The van der Waals surface area contributed by atoms with Crippen LogP contribution in [0.5, 0.6) is 0 Å². The number of benzene rings is 1. The van der Waals surface area contributed by atoms with Crippen LogP contribution < -0.4 is 5.32 Å². The van der Waals surface area contributed by atoms with Gasteiger partial charge in [0.15, 0.2) is 0 Å². The number of aliphatic carboxylic acids is 1. The maximum absolute atomic E-state index is 13.3. The van der Waals surface area contributed by atoms with Gasteiger partial charge in [0.2, 0.25) is 5.91 Å². The number of carbonyl (C=O) groups excluding carboxylic acids is 1. The highest BCUT2D eigenvalue weighted by atomic mass is 79.9. The molecule has 0 heterocycles. The Morgan fingerprint density at radius 2 is 2.15 bits per heavy atom. The summed E-state index contributed by atoms with van der Waals surface area (Å²) in [6.45, 7) is 0. The molecule has 1 aliphatic rings. The highest BCUT2D eigenvalue weighted by Gasteiger charge is 2.30. The minimum absolute atomic E-state index is 0.0936. The van der Waals surface area contributed by atoms with Crippen LogP contribution in [0.2, 0.25) is 0 Å². The van der Waals surface area contributed by atoms with Gasteiger partial charge in [-0.3, -0.25) is 9.59 Å². The van der Waals surface area contributed by atoms with Gasteiger partial charge in [-0.05, 0) is 52.9 Å². The summed E-state index contributed by atoms with van der Waals surface area (Å²) in [6.07, 6.45) is 1.83. The van der Waals surface area contributed by atoms with Gasteiger partial charge in [-0.2, -0.15) is 0 Å². The molecule has 1 aromatic carbocycles. The Labute approximate surface area is 124 Å². The summed E-state index contributed by atoms with van der Waals surface area (Å²) in [7, 11) is 0. The monoisotopic (exact) mass is 343 g/mol. The fourth-order valence-corrected chi connectivity index (χ4v) is 2.70. The first-order valence-electron chi connectivity index (χ1n) is 6.42. The van der Waals surface area contributed by atoms with Crippen LogP contribution in [0, 0.1) is 11.7 Å². The van der Waals surface area contributed by atoms with E-state index in [0.717, 1.165) is 0 Å². The average Bonchev–Trinajstić information content (AvgIpc) is 2.82. The lowest BCUT2D eigenvalue weighted by Crippen LogP contribution is -2.34. The molecule has 0 unspecified atom stereocenters. The number of halogens is 2. The Morgan fingerprint density at radius 3 is 2.75 bits per heavy atom. The number of carboxylic acids is 1. The molecule has 2 N–H and O–H groups in total. The van der Waals surface area contributed by atoms with Gasteiger partial charge in [0, 0.05) is 6.04 Å². The van der Waals surface area contributed by atoms with Crippen molar-refractivity contribution in [2.45, 2.75) is 31.7 Å². The van der Waals surface area contributed by atoms with E-state index in [4.69, 9.17) is 5.11 Å². The van der Waals surface area contributed by atoms with Crippen LogP contribution in [-0.2, 0) is 16.0 Å². The first kappa shape index (κ1) is 15.0. The normalized spacial score (nSPS) is 21.7. The van der Waals surface area contributed by atoms with E-state index >= 15 is 0 Å². The van der Waals surface area contributed by atoms with Crippen molar-refractivity contribution in [1.29, 1.82) is 0 Å². The number of amides is 1. The van der Waals surface area contributed by atoms with Gasteiger partial charge < -0.3 is 10.4 Å². The molecular formula is C14H15BrFNO3. The number of carbonyl (C=O) groups is 2. The Balaban J connectivity index is 1.87. The molecule has 108 valence electrons. The van der Waals surface area contributed by atoms with Crippen molar-refractivity contribution in [3.05, 3.63) is 34.1 Å². The number of nitrogens with one attached hydrogen (secondary N) is 1. The van der Waals surface area contributed by atoms with Crippen molar-refractivity contribution in [2.75, 3.05) is 0 Å². The Morgan fingerprint density at radius 1 is 1.40 bits per heavy atom. The maximum atomic E-state index is 13.3. The van der Waals surface area contributed by atoms with E-state index in [-0.39, 0.29) is 24.3 Å². The minimum Gasteiger partial charge on any atom is -0.481 e. The van der Waals surface area contributed by atoms with Crippen LogP contribution in [0.25, 0.3) is 0 Å². The molecule has 0 bridgehead atoms. The summed E-state index contributed by atoms with van der Waals surface area (Å²) in [6, 6.07) is 4.47. The van der Waals surface area contributed by atoms with Crippen LogP contribution in [-0.4, -0.2) is 23.0 Å². The second-order valence-corrected chi connectivity index (χ2v) is 5.89. The third-order valence-electron chi connectivity index (χ3n) is 3.50. The van der Waals surface area contributed by atoms with Gasteiger partial charge in [-0.15, -0.1) is 0 Å². The SMILES string of the molecule is O=C(Cc1ccc(Br)c(F)c1)N[C@@H]1CC[C@H](C(=O)O)C1. The van der Waals surface area contributed by atoms with Crippen molar-refractivity contribution >= 4 is 27.8 Å². The molecule has 1 saturated carbocycles. The molecule has 2 atom stereocenters. The first-order valence-corrected chi connectivity index (χ1v) is 7.21. The van der Waals surface area contributed by atoms with Crippen molar-refractivity contribution in [3.63, 3.8) is 0 Å². The standard InChI is InChI=1S/C14H15BrFNO3/c15-11-4-1-8(5-12(11)16)6-13(18)17-10-3-2-9(7-10)14(19)20/h1,4-5,9-10H,2-3,6-7H2,(H,17,18)(H,19,20)/t9-,10+/m0/s1. The largest absolute Gasteiger partial charge is 0.481 e. The van der Waals surface area contributed by atoms with Gasteiger partial charge in [0.25, 0.3) is 0 Å². The predicted molar refractivity (Wildman–Crippen MR) is 74.7 cm³/mol. The van der Waals surface area contributed by atoms with E-state index in [1.807, 2.05) is 0 Å². The van der Waals surface area contributed by atoms with Gasteiger partial charge >= 0.3 is 5.97 Å². The second kappa shape index (κ2) is 6.35. The zero-order valence-electron chi connectivity index (χ0n) is 10.7. The Hall–Kier alpha value is -1.43. The Kier molecular flexibility index (Phi) is 4.75. The van der Waals surface area contributed by atoms with E-state index < -0.39 is 11.8 Å². The van der Waals surface area contributed by atoms with Crippen molar-refractivity contribution in [2.24, 2.45) is 5.92 Å². The molecule has 1 aliphatic carbocycles. The van der Waals surface area contributed by atoms with Gasteiger partial charge in [0.1, 0.15) is 5.82 Å². The summed E-state index contributed by atoms with van der Waals surface area (Å²) < 4.78 is 13.7. The number of hydrogen-bond donors (Lipinski definition) is 2. The maximum Gasteiger partial charge on any atom is 0.306 e. The summed E-state index contributed by atoms with van der Waals surface area (Å²) in [5.74, 6) is -1.79. The average molecular weight is 344 g/mol. The van der Waals surface area contributed by atoms with Crippen LogP contribution >= 0.6 is 15.9 Å². The van der Waals surface area contributed by atoms with E-state index in [1.165, 1.54) is 6.07 Å². The second-order valence-electron chi connectivity index (χ2n) is 5.04. The number of carboxylic acid groups (broad SMARTS) is 1. The molecule has 20 heavy (non-hydrogen) atoms. The molecule has 0 aromatic heterocycles. The molecule has 1 amide bonds. The Bertz CT molecular complexity index is 535. The molecule has 4 nitrogen and oxygen atoms in total. The molecule has 1 fully saturated rings. The van der Waals surface area contributed by atoms with E-state index in [0.29, 0.717) is 29.3 Å². The van der Waals surface area contributed by atoms with Crippen LogP contribution in [0.1, 0.15) is 24.8 Å². The quantitative estimate of drug-likeness (QED) is 0.882. The van der Waals surface area contributed by atoms with Crippen molar-refractivity contribution in [1.82, 2.24) is 5.32 Å². The van der Waals surface area contributed by atoms with E-state index in [9.17, 15) is 14.0 Å². The number of rotatable bonds is 4. The van der Waals surface area contributed by atoms with Crippen LogP contribution in [0.3, 0.4) is 0 Å². The third-order valence-corrected chi connectivity index (χ3v) is 4.14. The summed E-state index contributed by atoms with van der Waals surface area (Å²) in [5, 5.41) is 11.7. The molecule has 1 aromatic rings. The van der Waals surface area contributed by atoms with Crippen molar-refractivity contribution in [3.8, 4) is 0 Å². The summed E-state index contributed by atoms with van der Waals surface area (Å²) in [4.78, 5) is 22.7. The molecule has 0 saturated heterocycles. The smallest absolute Gasteiger partial charge is 0.306 e. The third kappa shape index (κ3) is 3.79. The molecule has 0 aliphatic heterocycles. The topological polar surface area (TPSA) is 66.4 Å². The lowest BCUT2D eigenvalue weighted by molar-refractivity contribution is -0.141. The molecule has 2 rings (SSSR count). The van der Waals surface area contributed by atoms with Gasteiger partial charge in [0.05, 0.1) is 16.8 Å². The first-order chi connectivity index (χ1) is 9.45. The fourth-order valence-electron chi connectivity index (χ4n) is 2.45. The summed E-state index contributed by atoms with van der Waals surface area (Å²) in [5.41, 5.74) is 0.594. The predicted octanol–water partition coefficient (Wildman–Crippen LogP) is 2.50. The molecular weight excluding hydrogens is 329 g/mol. The number of hydrogen-bond acceptors (Lipinski definition) is 2. The van der Waals surface area contributed by atoms with Crippen LogP contribution in [0.4, 0.5) is 4.39 Å². The molecule has 0 spiro atoms. The highest BCUT2D eigenvalue weighted by molar-refractivity contribution is 9.10. The zero-order valence-corrected chi connectivity index (χ0v) is 12.3. The molecule has 6 heteroatoms. The van der Waals surface area contributed by atoms with E-state index in [1.54, 1.807) is 12.1 Å². The van der Waals surface area contributed by atoms with E-state index in [2.05, 4.69) is 21.2 Å². The van der Waals surface area contributed by atoms with Gasteiger partial charge in [-0.1, -0.05) is 6.07 Å².